The highest BCUT2D eigenvalue weighted by molar-refractivity contribution is 6.05. The fourth-order valence-electron chi connectivity index (χ4n) is 2.10. The van der Waals surface area contributed by atoms with E-state index in [1.165, 1.54) is 4.90 Å². The van der Waals surface area contributed by atoms with Crippen molar-refractivity contribution < 1.29 is 9.59 Å². The van der Waals surface area contributed by atoms with Crippen molar-refractivity contribution in [2.45, 2.75) is 6.42 Å². The highest BCUT2D eigenvalue weighted by Gasteiger charge is 2.25. The van der Waals surface area contributed by atoms with Crippen LogP contribution >= 0.6 is 0 Å². The Bertz CT molecular complexity index is 683. The quantitative estimate of drug-likeness (QED) is 0.752. The average Bonchev–Trinajstić information content (AvgIpc) is 2.38. The molecule has 3 N–H and O–H groups in total. The molecule has 6 heteroatoms. The number of nitrogens with two attached hydrogens (primary N) is 1. The molecule has 1 aliphatic rings. The number of pyridine rings is 1. The number of hydrogen-bond acceptors (Lipinski definition) is 4. The molecule has 0 aliphatic carbocycles. The van der Waals surface area contributed by atoms with Crippen molar-refractivity contribution in [1.82, 2.24) is 10.3 Å². The maximum Gasteiger partial charge on any atom is 0.329 e. The maximum atomic E-state index is 11.7. The summed E-state index contributed by atoms with van der Waals surface area (Å²) in [7, 11) is 0. The van der Waals surface area contributed by atoms with Gasteiger partial charge in [0.25, 0.3) is 0 Å². The van der Waals surface area contributed by atoms with E-state index >= 15 is 0 Å². The van der Waals surface area contributed by atoms with Crippen molar-refractivity contribution in [1.29, 1.82) is 0 Å². The summed E-state index contributed by atoms with van der Waals surface area (Å²) in [6.07, 6.45) is 0.280. The largest absolute Gasteiger partial charge is 0.398 e. The summed E-state index contributed by atoms with van der Waals surface area (Å²) >= 11 is 0. The molecule has 0 atom stereocenters. The zero-order valence-corrected chi connectivity index (χ0v) is 10.1. The summed E-state index contributed by atoms with van der Waals surface area (Å²) in [4.78, 5) is 28.7. The first-order chi connectivity index (χ1) is 9.15. The maximum absolute atomic E-state index is 11.7. The minimum atomic E-state index is -0.438. The molecule has 1 aromatic heterocycles. The van der Waals surface area contributed by atoms with Crippen LogP contribution < -0.4 is 16.0 Å². The zero-order chi connectivity index (χ0) is 13.4. The molecule has 2 heterocycles. The van der Waals surface area contributed by atoms with Gasteiger partial charge in [-0.05, 0) is 24.3 Å². The molecule has 0 spiro atoms. The van der Waals surface area contributed by atoms with Crippen LogP contribution in [0, 0.1) is 0 Å². The summed E-state index contributed by atoms with van der Waals surface area (Å²) < 4.78 is 0. The molecule has 3 rings (SSSR count). The first-order valence-corrected chi connectivity index (χ1v) is 5.92. The van der Waals surface area contributed by atoms with Crippen molar-refractivity contribution in [2.75, 3.05) is 17.2 Å². The number of rotatable bonds is 1. The molecule has 6 nitrogen and oxygen atoms in total. The van der Waals surface area contributed by atoms with Crippen molar-refractivity contribution in [3.05, 3.63) is 30.3 Å². The van der Waals surface area contributed by atoms with E-state index in [1.807, 2.05) is 18.2 Å². The SMILES string of the molecule is Nc1cccc2nc(N3CCC(=O)NC3=O)ccc12. The Balaban J connectivity index is 2.02. The highest BCUT2D eigenvalue weighted by atomic mass is 16.2. The first kappa shape index (κ1) is 11.5. The van der Waals surface area contributed by atoms with E-state index in [2.05, 4.69) is 10.3 Å². The van der Waals surface area contributed by atoms with E-state index in [4.69, 9.17) is 5.73 Å². The van der Waals surface area contributed by atoms with Gasteiger partial charge >= 0.3 is 6.03 Å². The Kier molecular flexibility index (Phi) is 2.56. The molecule has 96 valence electrons. The van der Waals surface area contributed by atoms with Crippen LogP contribution in [0.4, 0.5) is 16.3 Å². The Labute approximate surface area is 109 Å². The zero-order valence-electron chi connectivity index (χ0n) is 10.1. The smallest absolute Gasteiger partial charge is 0.329 e. The van der Waals surface area contributed by atoms with E-state index in [0.717, 1.165) is 10.9 Å². The van der Waals surface area contributed by atoms with Gasteiger partial charge in [-0.2, -0.15) is 0 Å². The molecule has 1 aromatic carbocycles. The lowest BCUT2D eigenvalue weighted by Gasteiger charge is -2.25. The van der Waals surface area contributed by atoms with Crippen LogP contribution in [0.1, 0.15) is 6.42 Å². The molecule has 0 radical (unpaired) electrons. The standard InChI is InChI=1S/C13H12N4O2/c14-9-2-1-3-10-8(9)4-5-11(15-10)17-7-6-12(18)16-13(17)19/h1-5H,6-7,14H2,(H,16,18,19). The number of anilines is 2. The summed E-state index contributed by atoms with van der Waals surface area (Å²) in [6, 6.07) is 8.57. The third-order valence-electron chi connectivity index (χ3n) is 3.08. The van der Waals surface area contributed by atoms with Gasteiger partial charge in [0.05, 0.1) is 5.52 Å². The lowest BCUT2D eigenvalue weighted by Crippen LogP contribution is -2.49. The molecule has 1 saturated heterocycles. The van der Waals surface area contributed by atoms with Crippen LogP contribution in [-0.2, 0) is 4.79 Å². The minimum absolute atomic E-state index is 0.258. The average molecular weight is 256 g/mol. The topological polar surface area (TPSA) is 88.3 Å². The fourth-order valence-corrected chi connectivity index (χ4v) is 2.10. The number of nitrogen functional groups attached to an aromatic ring is 1. The van der Waals surface area contributed by atoms with Crippen LogP contribution in [0.3, 0.4) is 0 Å². The summed E-state index contributed by atoms with van der Waals surface area (Å²) in [6.45, 7) is 0.339. The molecule has 19 heavy (non-hydrogen) atoms. The van der Waals surface area contributed by atoms with Gasteiger partial charge in [0.2, 0.25) is 5.91 Å². The lowest BCUT2D eigenvalue weighted by molar-refractivity contribution is -0.120. The number of amides is 3. The van der Waals surface area contributed by atoms with Crippen LogP contribution in [0.2, 0.25) is 0 Å². The Hall–Kier alpha value is -2.63. The molecule has 0 bridgehead atoms. The van der Waals surface area contributed by atoms with Crippen LogP contribution in [0.25, 0.3) is 10.9 Å². The lowest BCUT2D eigenvalue weighted by atomic mass is 10.2. The van der Waals surface area contributed by atoms with Gasteiger partial charge in [-0.25, -0.2) is 9.78 Å². The number of hydrogen-bond donors (Lipinski definition) is 2. The highest BCUT2D eigenvalue weighted by Crippen LogP contribution is 2.23. The number of imide groups is 1. The molecule has 0 saturated carbocycles. The molecule has 1 fully saturated rings. The van der Waals surface area contributed by atoms with Gasteiger partial charge < -0.3 is 5.73 Å². The molecular formula is C13H12N4O2. The number of aromatic nitrogens is 1. The normalized spacial score (nSPS) is 15.7. The number of carbonyl (C=O) groups excluding carboxylic acids is 2. The Morgan fingerprint density at radius 3 is 2.84 bits per heavy atom. The molecular weight excluding hydrogens is 244 g/mol. The Morgan fingerprint density at radius 2 is 2.05 bits per heavy atom. The van der Waals surface area contributed by atoms with E-state index in [9.17, 15) is 9.59 Å². The third kappa shape index (κ3) is 1.97. The Morgan fingerprint density at radius 1 is 1.21 bits per heavy atom. The van der Waals surface area contributed by atoms with Gasteiger partial charge in [0.15, 0.2) is 0 Å². The van der Waals surface area contributed by atoms with Crippen LogP contribution in [-0.4, -0.2) is 23.5 Å². The molecule has 3 amide bonds. The van der Waals surface area contributed by atoms with Gasteiger partial charge in [-0.1, -0.05) is 6.07 Å². The second-order valence-electron chi connectivity index (χ2n) is 4.34. The van der Waals surface area contributed by atoms with Crippen LogP contribution in [0.15, 0.2) is 30.3 Å². The van der Waals surface area contributed by atoms with Gasteiger partial charge in [-0.3, -0.25) is 15.0 Å². The molecule has 0 unspecified atom stereocenters. The monoisotopic (exact) mass is 256 g/mol. The van der Waals surface area contributed by atoms with Gasteiger partial charge in [0, 0.05) is 24.0 Å². The number of urea groups is 1. The van der Waals surface area contributed by atoms with Crippen molar-refractivity contribution >= 4 is 34.3 Å². The van der Waals surface area contributed by atoms with E-state index in [0.29, 0.717) is 18.1 Å². The predicted octanol–water partition coefficient (Wildman–Crippen LogP) is 1.26. The number of nitrogens with zero attached hydrogens (tertiary/aromatic N) is 2. The minimum Gasteiger partial charge on any atom is -0.398 e. The molecule has 1 aliphatic heterocycles. The van der Waals surface area contributed by atoms with Crippen molar-refractivity contribution in [3.8, 4) is 0 Å². The van der Waals surface area contributed by atoms with Crippen LogP contribution in [0.5, 0.6) is 0 Å². The van der Waals surface area contributed by atoms with E-state index in [-0.39, 0.29) is 12.3 Å². The van der Waals surface area contributed by atoms with Crippen molar-refractivity contribution in [3.63, 3.8) is 0 Å². The number of nitrogens with one attached hydrogen (secondary N) is 1. The summed E-state index contributed by atoms with van der Waals surface area (Å²) in [5.74, 6) is 0.259. The number of benzene rings is 1. The summed E-state index contributed by atoms with van der Waals surface area (Å²) in [5, 5.41) is 3.12. The van der Waals surface area contributed by atoms with Gasteiger partial charge in [0.1, 0.15) is 5.82 Å². The van der Waals surface area contributed by atoms with Gasteiger partial charge in [-0.15, -0.1) is 0 Å². The predicted molar refractivity (Wildman–Crippen MR) is 71.7 cm³/mol. The number of fused-ring (bicyclic) bond motifs is 1. The number of carbonyl (C=O) groups is 2. The summed E-state index contributed by atoms with van der Waals surface area (Å²) in [5.41, 5.74) is 7.22. The third-order valence-corrected chi connectivity index (χ3v) is 3.08. The second kappa shape index (κ2) is 4.24. The molecule has 2 aromatic rings. The van der Waals surface area contributed by atoms with E-state index < -0.39 is 6.03 Å². The van der Waals surface area contributed by atoms with E-state index in [1.54, 1.807) is 12.1 Å². The van der Waals surface area contributed by atoms with Crippen molar-refractivity contribution in [2.24, 2.45) is 0 Å². The first-order valence-electron chi connectivity index (χ1n) is 5.92. The second-order valence-corrected chi connectivity index (χ2v) is 4.34. The fraction of sp³-hybridized carbons (Fsp3) is 0.154.